The lowest BCUT2D eigenvalue weighted by Gasteiger charge is -1.89. The van der Waals surface area contributed by atoms with E-state index in [1.54, 1.807) is 6.07 Å². The van der Waals surface area contributed by atoms with Crippen LogP contribution in [0.15, 0.2) is 24.3 Å². The normalized spacial score (nSPS) is 10.7. The van der Waals surface area contributed by atoms with E-state index >= 15 is 0 Å². The van der Waals surface area contributed by atoms with Crippen molar-refractivity contribution >= 4 is 16.7 Å². The summed E-state index contributed by atoms with van der Waals surface area (Å²) < 4.78 is 12.8. The molecule has 0 unspecified atom stereocenters. The summed E-state index contributed by atoms with van der Waals surface area (Å²) in [7, 11) is 0. The second kappa shape index (κ2) is 3.23. The average Bonchev–Trinajstić information content (AvgIpc) is 2.59. The quantitative estimate of drug-likeness (QED) is 0.710. The fraction of sp³-hybridized carbons (Fsp3) is 0.100. The zero-order valence-electron chi connectivity index (χ0n) is 7.25. The van der Waals surface area contributed by atoms with Crippen LogP contribution in [0.3, 0.4) is 0 Å². The Balaban J connectivity index is 2.56. The summed E-state index contributed by atoms with van der Waals surface area (Å²) in [6.45, 7) is -0.546. The van der Waals surface area contributed by atoms with Crippen LogP contribution in [0.2, 0.25) is 0 Å². The molecule has 0 aliphatic heterocycles. The van der Waals surface area contributed by atoms with Crippen LogP contribution < -0.4 is 0 Å². The lowest BCUT2D eigenvalue weighted by atomic mass is 10.2. The summed E-state index contributed by atoms with van der Waals surface area (Å²) in [6, 6.07) is 5.72. The number of benzene rings is 1. The van der Waals surface area contributed by atoms with Crippen molar-refractivity contribution in [2.45, 2.75) is 0 Å². The van der Waals surface area contributed by atoms with Gasteiger partial charge in [0.2, 0.25) is 5.78 Å². The number of halogens is 1. The standard InChI is InChI=1S/C10H8FNO2/c11-7-1-2-8-6(3-7)4-9(12-8)10(14)5-13/h1-4,12-13H,5H2. The zero-order chi connectivity index (χ0) is 10.1. The number of aromatic amines is 1. The van der Waals surface area contributed by atoms with Gasteiger partial charge in [-0.3, -0.25) is 4.79 Å². The number of Topliss-reactive ketones (excluding diaryl/α,β-unsaturated/α-hetero) is 1. The summed E-state index contributed by atoms with van der Waals surface area (Å²) in [5.41, 5.74) is 0.983. The van der Waals surface area contributed by atoms with E-state index < -0.39 is 12.4 Å². The minimum atomic E-state index is -0.546. The molecule has 1 aromatic heterocycles. The molecule has 2 rings (SSSR count). The molecule has 2 N–H and O–H groups in total. The molecule has 0 saturated heterocycles. The molecule has 3 nitrogen and oxygen atoms in total. The summed E-state index contributed by atoms with van der Waals surface area (Å²) in [5.74, 6) is -0.749. The molecule has 14 heavy (non-hydrogen) atoms. The molecule has 0 amide bonds. The molecular weight excluding hydrogens is 185 g/mol. The Morgan fingerprint density at radius 1 is 1.43 bits per heavy atom. The number of carbonyl (C=O) groups excluding carboxylic acids is 1. The summed E-state index contributed by atoms with van der Waals surface area (Å²) in [5, 5.41) is 9.25. The van der Waals surface area contributed by atoms with Crippen molar-refractivity contribution in [1.82, 2.24) is 4.98 Å². The highest BCUT2D eigenvalue weighted by Gasteiger charge is 2.08. The van der Waals surface area contributed by atoms with Gasteiger partial charge < -0.3 is 10.1 Å². The molecule has 0 spiro atoms. The van der Waals surface area contributed by atoms with Crippen LogP contribution in [0.5, 0.6) is 0 Å². The van der Waals surface area contributed by atoms with Crippen LogP contribution in [0.25, 0.3) is 10.9 Å². The van der Waals surface area contributed by atoms with Crippen LogP contribution >= 0.6 is 0 Å². The van der Waals surface area contributed by atoms with E-state index in [0.717, 1.165) is 0 Å². The first-order valence-corrected chi connectivity index (χ1v) is 4.13. The SMILES string of the molecule is O=C(CO)c1cc2cc(F)ccc2[nH]1. The van der Waals surface area contributed by atoms with Crippen molar-refractivity contribution in [2.24, 2.45) is 0 Å². The number of hydrogen-bond acceptors (Lipinski definition) is 2. The van der Waals surface area contributed by atoms with Crippen molar-refractivity contribution < 1.29 is 14.3 Å². The number of aromatic nitrogens is 1. The molecule has 0 aliphatic carbocycles. The zero-order valence-corrected chi connectivity index (χ0v) is 7.25. The number of ketones is 1. The van der Waals surface area contributed by atoms with Crippen molar-refractivity contribution in [1.29, 1.82) is 0 Å². The maximum absolute atomic E-state index is 12.8. The Labute approximate surface area is 79.2 Å². The topological polar surface area (TPSA) is 53.1 Å². The number of nitrogens with one attached hydrogen (secondary N) is 1. The molecule has 0 fully saturated rings. The Morgan fingerprint density at radius 3 is 2.93 bits per heavy atom. The van der Waals surface area contributed by atoms with Crippen LogP contribution in [0.1, 0.15) is 10.5 Å². The minimum Gasteiger partial charge on any atom is -0.388 e. The molecular formula is C10H8FNO2. The van der Waals surface area contributed by atoms with Crippen molar-refractivity contribution in [3.63, 3.8) is 0 Å². The minimum absolute atomic E-state index is 0.299. The Kier molecular flexibility index (Phi) is 2.05. The Bertz CT molecular complexity index is 490. The molecule has 0 saturated carbocycles. The molecule has 4 heteroatoms. The van der Waals surface area contributed by atoms with Gasteiger partial charge in [-0.2, -0.15) is 0 Å². The van der Waals surface area contributed by atoms with Gasteiger partial charge in [0, 0.05) is 10.9 Å². The first-order valence-electron chi connectivity index (χ1n) is 4.13. The maximum atomic E-state index is 12.8. The van der Waals surface area contributed by atoms with Crippen LogP contribution in [0, 0.1) is 5.82 Å². The third kappa shape index (κ3) is 1.40. The fourth-order valence-electron chi connectivity index (χ4n) is 1.34. The van der Waals surface area contributed by atoms with E-state index in [0.29, 0.717) is 16.6 Å². The highest BCUT2D eigenvalue weighted by molar-refractivity contribution is 5.99. The second-order valence-corrected chi connectivity index (χ2v) is 3.00. The average molecular weight is 193 g/mol. The van der Waals surface area contributed by atoms with Crippen LogP contribution in [0.4, 0.5) is 4.39 Å². The highest BCUT2D eigenvalue weighted by Crippen LogP contribution is 2.16. The number of aliphatic hydroxyl groups excluding tert-OH is 1. The third-order valence-corrected chi connectivity index (χ3v) is 2.03. The summed E-state index contributed by atoms with van der Waals surface area (Å²) in [6.07, 6.45) is 0. The van der Waals surface area contributed by atoms with E-state index in [2.05, 4.69) is 4.98 Å². The van der Waals surface area contributed by atoms with E-state index in [-0.39, 0.29) is 5.82 Å². The van der Waals surface area contributed by atoms with E-state index in [1.165, 1.54) is 18.2 Å². The molecule has 0 radical (unpaired) electrons. The smallest absolute Gasteiger partial charge is 0.204 e. The number of H-pyrrole nitrogens is 1. The van der Waals surface area contributed by atoms with Crippen LogP contribution in [-0.2, 0) is 0 Å². The molecule has 2 aromatic rings. The van der Waals surface area contributed by atoms with E-state index in [9.17, 15) is 9.18 Å². The predicted octanol–water partition coefficient (Wildman–Crippen LogP) is 1.48. The van der Waals surface area contributed by atoms with Gasteiger partial charge in [0.05, 0.1) is 5.69 Å². The number of hydrogen-bond donors (Lipinski definition) is 2. The first-order chi connectivity index (χ1) is 6.70. The van der Waals surface area contributed by atoms with Crippen molar-refractivity contribution in [3.8, 4) is 0 Å². The summed E-state index contributed by atoms with van der Waals surface area (Å²) >= 11 is 0. The molecule has 72 valence electrons. The lowest BCUT2D eigenvalue weighted by molar-refractivity contribution is 0.0899. The number of rotatable bonds is 2. The lowest BCUT2D eigenvalue weighted by Crippen LogP contribution is -2.03. The Morgan fingerprint density at radius 2 is 2.21 bits per heavy atom. The molecule has 1 aromatic carbocycles. The maximum Gasteiger partial charge on any atom is 0.204 e. The van der Waals surface area contributed by atoms with Crippen LogP contribution in [-0.4, -0.2) is 22.5 Å². The molecule has 1 heterocycles. The van der Waals surface area contributed by atoms with Gasteiger partial charge in [-0.05, 0) is 24.3 Å². The van der Waals surface area contributed by atoms with E-state index in [1.807, 2.05) is 0 Å². The number of carbonyl (C=O) groups is 1. The van der Waals surface area contributed by atoms with Gasteiger partial charge in [0.1, 0.15) is 12.4 Å². The molecule has 0 atom stereocenters. The van der Waals surface area contributed by atoms with Gasteiger partial charge in [-0.25, -0.2) is 4.39 Å². The van der Waals surface area contributed by atoms with Gasteiger partial charge in [-0.1, -0.05) is 0 Å². The van der Waals surface area contributed by atoms with Gasteiger partial charge in [-0.15, -0.1) is 0 Å². The summed E-state index contributed by atoms with van der Waals surface area (Å²) in [4.78, 5) is 13.9. The van der Waals surface area contributed by atoms with Gasteiger partial charge >= 0.3 is 0 Å². The predicted molar refractivity (Wildman–Crippen MR) is 49.7 cm³/mol. The number of aliphatic hydroxyl groups is 1. The fourth-order valence-corrected chi connectivity index (χ4v) is 1.34. The number of fused-ring (bicyclic) bond motifs is 1. The Hall–Kier alpha value is -1.68. The third-order valence-electron chi connectivity index (χ3n) is 2.03. The van der Waals surface area contributed by atoms with Gasteiger partial charge in [0.25, 0.3) is 0 Å². The largest absolute Gasteiger partial charge is 0.388 e. The van der Waals surface area contributed by atoms with Crippen molar-refractivity contribution in [2.75, 3.05) is 6.61 Å². The molecule has 0 bridgehead atoms. The molecule has 0 aliphatic rings. The van der Waals surface area contributed by atoms with Gasteiger partial charge in [0.15, 0.2) is 0 Å². The monoisotopic (exact) mass is 193 g/mol. The second-order valence-electron chi connectivity index (χ2n) is 3.00. The van der Waals surface area contributed by atoms with Crippen molar-refractivity contribution in [3.05, 3.63) is 35.8 Å². The first kappa shape index (κ1) is 8.90. The highest BCUT2D eigenvalue weighted by atomic mass is 19.1. The van der Waals surface area contributed by atoms with E-state index in [4.69, 9.17) is 5.11 Å².